The third-order valence-corrected chi connectivity index (χ3v) is 4.85. The SMILES string of the molecule is Cc1cccc(C2(O)CC3CCCC(C2)N3)c1C. The van der Waals surface area contributed by atoms with Gasteiger partial charge in [0.2, 0.25) is 0 Å². The van der Waals surface area contributed by atoms with Gasteiger partial charge in [-0.15, -0.1) is 0 Å². The van der Waals surface area contributed by atoms with Crippen molar-refractivity contribution in [2.24, 2.45) is 0 Å². The molecule has 18 heavy (non-hydrogen) atoms. The zero-order valence-corrected chi connectivity index (χ0v) is 11.4. The van der Waals surface area contributed by atoms with Crippen LogP contribution in [0.15, 0.2) is 18.2 Å². The van der Waals surface area contributed by atoms with Crippen molar-refractivity contribution in [3.8, 4) is 0 Å². The monoisotopic (exact) mass is 245 g/mol. The minimum atomic E-state index is -0.614. The highest BCUT2D eigenvalue weighted by atomic mass is 16.3. The summed E-state index contributed by atoms with van der Waals surface area (Å²) in [4.78, 5) is 0. The Morgan fingerprint density at radius 2 is 1.83 bits per heavy atom. The molecule has 2 bridgehead atoms. The van der Waals surface area contributed by atoms with Gasteiger partial charge in [0.25, 0.3) is 0 Å². The Morgan fingerprint density at radius 3 is 2.50 bits per heavy atom. The van der Waals surface area contributed by atoms with E-state index in [1.54, 1.807) is 0 Å². The minimum absolute atomic E-state index is 0.502. The lowest BCUT2D eigenvalue weighted by molar-refractivity contribution is -0.0363. The van der Waals surface area contributed by atoms with E-state index in [4.69, 9.17) is 0 Å². The molecule has 2 aliphatic rings. The van der Waals surface area contributed by atoms with Gasteiger partial charge >= 0.3 is 0 Å². The molecule has 2 heteroatoms. The lowest BCUT2D eigenvalue weighted by Gasteiger charge is -2.46. The average Bonchev–Trinajstić information content (AvgIpc) is 2.32. The summed E-state index contributed by atoms with van der Waals surface area (Å²) in [5, 5.41) is 14.8. The number of hydrogen-bond acceptors (Lipinski definition) is 2. The maximum absolute atomic E-state index is 11.1. The number of fused-ring (bicyclic) bond motifs is 2. The quantitative estimate of drug-likeness (QED) is 0.797. The lowest BCUT2D eigenvalue weighted by Crippen LogP contribution is -2.54. The van der Waals surface area contributed by atoms with E-state index in [-0.39, 0.29) is 0 Å². The molecule has 2 nitrogen and oxygen atoms in total. The summed E-state index contributed by atoms with van der Waals surface area (Å²) in [5.41, 5.74) is 3.09. The zero-order chi connectivity index (χ0) is 12.8. The Morgan fingerprint density at radius 1 is 1.17 bits per heavy atom. The van der Waals surface area contributed by atoms with Gasteiger partial charge in [-0.1, -0.05) is 24.6 Å². The van der Waals surface area contributed by atoms with E-state index < -0.39 is 5.60 Å². The van der Waals surface area contributed by atoms with Crippen LogP contribution in [0.3, 0.4) is 0 Å². The summed E-state index contributed by atoms with van der Waals surface area (Å²) in [6.07, 6.45) is 5.47. The first-order chi connectivity index (χ1) is 8.58. The summed E-state index contributed by atoms with van der Waals surface area (Å²) in [7, 11) is 0. The minimum Gasteiger partial charge on any atom is -0.385 e. The number of aryl methyl sites for hydroxylation is 1. The van der Waals surface area contributed by atoms with Crippen molar-refractivity contribution in [2.75, 3.05) is 0 Å². The molecule has 2 unspecified atom stereocenters. The van der Waals surface area contributed by atoms with Gasteiger partial charge in [-0.3, -0.25) is 0 Å². The second-order valence-electron chi connectivity index (χ2n) is 6.18. The van der Waals surface area contributed by atoms with Crippen LogP contribution in [0, 0.1) is 13.8 Å². The first-order valence-electron chi connectivity index (χ1n) is 7.14. The van der Waals surface area contributed by atoms with E-state index in [1.165, 1.54) is 30.4 Å². The molecule has 1 aromatic rings. The fourth-order valence-electron chi connectivity index (χ4n) is 3.81. The van der Waals surface area contributed by atoms with E-state index in [1.807, 2.05) is 0 Å². The van der Waals surface area contributed by atoms with Crippen LogP contribution in [-0.4, -0.2) is 17.2 Å². The van der Waals surface area contributed by atoms with Gasteiger partial charge in [0.15, 0.2) is 0 Å². The summed E-state index contributed by atoms with van der Waals surface area (Å²) in [6.45, 7) is 4.27. The van der Waals surface area contributed by atoms with Gasteiger partial charge in [-0.2, -0.15) is 0 Å². The Hall–Kier alpha value is -0.860. The fourth-order valence-corrected chi connectivity index (χ4v) is 3.81. The number of rotatable bonds is 1. The fraction of sp³-hybridized carbons (Fsp3) is 0.625. The highest BCUT2D eigenvalue weighted by Crippen LogP contribution is 2.41. The molecule has 0 radical (unpaired) electrons. The number of aliphatic hydroxyl groups is 1. The number of benzene rings is 1. The van der Waals surface area contributed by atoms with Crippen molar-refractivity contribution >= 4 is 0 Å². The molecule has 2 heterocycles. The van der Waals surface area contributed by atoms with Gasteiger partial charge < -0.3 is 10.4 Å². The molecule has 1 aromatic carbocycles. The molecule has 0 aromatic heterocycles. The summed E-state index contributed by atoms with van der Waals surface area (Å²) < 4.78 is 0. The molecule has 2 fully saturated rings. The molecule has 0 aliphatic carbocycles. The predicted molar refractivity (Wildman–Crippen MR) is 73.6 cm³/mol. The smallest absolute Gasteiger partial charge is 0.0928 e. The van der Waals surface area contributed by atoms with Crippen LogP contribution in [0.5, 0.6) is 0 Å². The van der Waals surface area contributed by atoms with Crippen molar-refractivity contribution in [1.29, 1.82) is 0 Å². The van der Waals surface area contributed by atoms with E-state index in [2.05, 4.69) is 37.4 Å². The van der Waals surface area contributed by atoms with Crippen molar-refractivity contribution in [1.82, 2.24) is 5.32 Å². The predicted octanol–water partition coefficient (Wildman–Crippen LogP) is 2.80. The molecular formula is C16H23NO. The van der Waals surface area contributed by atoms with Gasteiger partial charge in [0.1, 0.15) is 0 Å². The first-order valence-corrected chi connectivity index (χ1v) is 7.14. The first kappa shape index (κ1) is 12.2. The van der Waals surface area contributed by atoms with Crippen LogP contribution < -0.4 is 5.32 Å². The maximum Gasteiger partial charge on any atom is 0.0928 e. The van der Waals surface area contributed by atoms with Crippen molar-refractivity contribution in [2.45, 2.75) is 63.6 Å². The van der Waals surface area contributed by atoms with E-state index in [0.717, 1.165) is 18.4 Å². The molecular weight excluding hydrogens is 222 g/mol. The molecule has 2 atom stereocenters. The van der Waals surface area contributed by atoms with Gasteiger partial charge in [-0.05, 0) is 56.2 Å². The van der Waals surface area contributed by atoms with Crippen LogP contribution >= 0.6 is 0 Å². The van der Waals surface area contributed by atoms with Crippen molar-refractivity contribution in [3.05, 3.63) is 34.9 Å². The van der Waals surface area contributed by atoms with Crippen LogP contribution in [0.2, 0.25) is 0 Å². The summed E-state index contributed by atoms with van der Waals surface area (Å²) in [5.74, 6) is 0. The van der Waals surface area contributed by atoms with Crippen LogP contribution in [0.1, 0.15) is 48.8 Å². The molecule has 0 spiro atoms. The number of piperidine rings is 2. The average molecular weight is 245 g/mol. The number of nitrogens with one attached hydrogen (secondary N) is 1. The van der Waals surface area contributed by atoms with Crippen LogP contribution in [0.25, 0.3) is 0 Å². The topological polar surface area (TPSA) is 32.3 Å². The Labute approximate surface area is 109 Å². The zero-order valence-electron chi connectivity index (χ0n) is 11.4. The molecule has 98 valence electrons. The lowest BCUT2D eigenvalue weighted by atomic mass is 9.72. The highest BCUT2D eigenvalue weighted by Gasteiger charge is 2.42. The van der Waals surface area contributed by atoms with Gasteiger partial charge in [0, 0.05) is 12.1 Å². The Bertz CT molecular complexity index is 442. The molecule has 2 aliphatic heterocycles. The van der Waals surface area contributed by atoms with Crippen molar-refractivity contribution < 1.29 is 5.11 Å². The molecule has 0 saturated carbocycles. The molecule has 2 N–H and O–H groups in total. The standard InChI is InChI=1S/C16H23NO/c1-11-5-3-8-15(12(11)2)16(18)9-13-6-4-7-14(10-16)17-13/h3,5,8,13-14,17-18H,4,6-7,9-10H2,1-2H3. The van der Waals surface area contributed by atoms with Gasteiger partial charge in [-0.25, -0.2) is 0 Å². The molecule has 3 rings (SSSR count). The molecule has 0 amide bonds. The molecule has 2 saturated heterocycles. The van der Waals surface area contributed by atoms with Crippen LogP contribution in [0.4, 0.5) is 0 Å². The van der Waals surface area contributed by atoms with Gasteiger partial charge in [0.05, 0.1) is 5.60 Å². The van der Waals surface area contributed by atoms with Crippen LogP contribution in [-0.2, 0) is 5.60 Å². The van der Waals surface area contributed by atoms with E-state index in [0.29, 0.717) is 12.1 Å². The normalized spacial score (nSPS) is 35.5. The Kier molecular flexibility index (Phi) is 2.95. The second kappa shape index (κ2) is 4.36. The van der Waals surface area contributed by atoms with E-state index in [9.17, 15) is 5.11 Å². The Balaban J connectivity index is 1.96. The third kappa shape index (κ3) is 1.98. The van der Waals surface area contributed by atoms with Crippen molar-refractivity contribution in [3.63, 3.8) is 0 Å². The maximum atomic E-state index is 11.1. The van der Waals surface area contributed by atoms with E-state index >= 15 is 0 Å². The highest BCUT2D eigenvalue weighted by molar-refractivity contribution is 5.38. The number of hydrogen-bond donors (Lipinski definition) is 2. The largest absolute Gasteiger partial charge is 0.385 e. The second-order valence-corrected chi connectivity index (χ2v) is 6.18. The third-order valence-electron chi connectivity index (χ3n) is 4.85. The summed E-state index contributed by atoms with van der Waals surface area (Å²) >= 11 is 0. The summed E-state index contributed by atoms with van der Waals surface area (Å²) in [6, 6.07) is 7.32.